The smallest absolute Gasteiger partial charge is 0.422 e. The van der Waals surface area contributed by atoms with Crippen LogP contribution in [-0.2, 0) is 13.1 Å². The molecule has 2 rings (SSSR count). The van der Waals surface area contributed by atoms with E-state index in [4.69, 9.17) is 9.47 Å². The molecular weight excluding hydrogens is 498 g/mol. The van der Waals surface area contributed by atoms with Crippen LogP contribution in [0.5, 0.6) is 11.5 Å². The average molecular weight is 523 g/mol. The Balaban J connectivity index is 0.00000420. The molecule has 0 atom stereocenters. The lowest BCUT2D eigenvalue weighted by Gasteiger charge is -2.15. The number of aliphatic imine (C=N–C) groups is 1. The topological polar surface area (TPSA) is 54.9 Å². The summed E-state index contributed by atoms with van der Waals surface area (Å²) >= 11 is 0. The van der Waals surface area contributed by atoms with Gasteiger partial charge in [-0.2, -0.15) is 13.2 Å². The van der Waals surface area contributed by atoms with Crippen LogP contribution in [0.3, 0.4) is 0 Å². The predicted molar refractivity (Wildman–Crippen MR) is 118 cm³/mol. The molecule has 0 amide bonds. The van der Waals surface area contributed by atoms with Crippen molar-refractivity contribution in [3.63, 3.8) is 0 Å². The van der Waals surface area contributed by atoms with Crippen molar-refractivity contribution in [1.29, 1.82) is 0 Å². The maximum Gasteiger partial charge on any atom is 0.422 e. The molecule has 0 aliphatic carbocycles. The van der Waals surface area contributed by atoms with Crippen molar-refractivity contribution in [2.75, 3.05) is 20.3 Å². The van der Waals surface area contributed by atoms with Gasteiger partial charge in [0.05, 0.1) is 6.61 Å². The molecule has 0 aliphatic rings. The molecule has 0 unspecified atom stereocenters. The van der Waals surface area contributed by atoms with Crippen LogP contribution >= 0.6 is 24.0 Å². The van der Waals surface area contributed by atoms with Gasteiger partial charge in [0.1, 0.15) is 11.5 Å². The van der Waals surface area contributed by atoms with Gasteiger partial charge in [-0.3, -0.25) is 4.99 Å². The normalized spacial score (nSPS) is 11.4. The second-order valence-electron chi connectivity index (χ2n) is 5.87. The zero-order chi connectivity index (χ0) is 20.4. The second kappa shape index (κ2) is 12.4. The lowest BCUT2D eigenvalue weighted by atomic mass is 10.2. The van der Waals surface area contributed by atoms with Gasteiger partial charge in [-0.25, -0.2) is 0 Å². The highest BCUT2D eigenvalue weighted by Gasteiger charge is 2.28. The van der Waals surface area contributed by atoms with Crippen LogP contribution < -0.4 is 20.1 Å². The Labute approximate surface area is 185 Å². The molecule has 5 nitrogen and oxygen atoms in total. The first kappa shape index (κ1) is 24.9. The first-order valence-corrected chi connectivity index (χ1v) is 8.85. The molecule has 2 aromatic carbocycles. The molecule has 0 aliphatic heterocycles. The van der Waals surface area contributed by atoms with Gasteiger partial charge in [0.15, 0.2) is 12.6 Å². The standard InChI is InChI=1S/C20H24F3N3O2.HI/c1-3-27-18-10-5-4-8-16(18)13-26-19(24-2)25-12-15-7-6-9-17(11-15)28-14-20(21,22)23;/h4-11H,3,12-14H2,1-2H3,(H2,24,25,26);1H. The average Bonchev–Trinajstić information content (AvgIpc) is 2.68. The van der Waals surface area contributed by atoms with Gasteiger partial charge in [0.2, 0.25) is 0 Å². The van der Waals surface area contributed by atoms with Crippen molar-refractivity contribution in [3.8, 4) is 11.5 Å². The molecule has 0 fully saturated rings. The highest BCUT2D eigenvalue weighted by Crippen LogP contribution is 2.19. The third-order valence-corrected chi connectivity index (χ3v) is 3.70. The summed E-state index contributed by atoms with van der Waals surface area (Å²) in [6.07, 6.45) is -4.36. The highest BCUT2D eigenvalue weighted by molar-refractivity contribution is 14.0. The lowest BCUT2D eigenvalue weighted by molar-refractivity contribution is -0.153. The van der Waals surface area contributed by atoms with Crippen molar-refractivity contribution < 1.29 is 22.6 Å². The Morgan fingerprint density at radius 1 is 1.00 bits per heavy atom. The van der Waals surface area contributed by atoms with Gasteiger partial charge in [0.25, 0.3) is 0 Å². The van der Waals surface area contributed by atoms with E-state index in [-0.39, 0.29) is 29.7 Å². The first-order valence-electron chi connectivity index (χ1n) is 8.85. The van der Waals surface area contributed by atoms with E-state index in [0.717, 1.165) is 16.9 Å². The maximum atomic E-state index is 12.3. The fraction of sp³-hybridized carbons (Fsp3) is 0.350. The van der Waals surface area contributed by atoms with E-state index in [1.807, 2.05) is 31.2 Å². The second-order valence-corrected chi connectivity index (χ2v) is 5.87. The highest BCUT2D eigenvalue weighted by atomic mass is 127. The fourth-order valence-corrected chi connectivity index (χ4v) is 2.44. The molecule has 0 bridgehead atoms. The minimum atomic E-state index is -4.36. The lowest BCUT2D eigenvalue weighted by Crippen LogP contribution is -2.36. The molecule has 0 aromatic heterocycles. The molecule has 0 heterocycles. The molecule has 160 valence electrons. The number of rotatable bonds is 8. The molecular formula is C20H25F3IN3O2. The number of alkyl halides is 3. The number of benzene rings is 2. The van der Waals surface area contributed by atoms with E-state index in [9.17, 15) is 13.2 Å². The van der Waals surface area contributed by atoms with E-state index in [0.29, 0.717) is 25.7 Å². The number of halogens is 4. The Kier molecular flexibility index (Phi) is 10.6. The summed E-state index contributed by atoms with van der Waals surface area (Å²) in [5.74, 6) is 1.54. The van der Waals surface area contributed by atoms with Crippen LogP contribution in [0.4, 0.5) is 13.2 Å². The largest absolute Gasteiger partial charge is 0.494 e. The molecule has 0 saturated heterocycles. The molecule has 2 N–H and O–H groups in total. The van der Waals surface area contributed by atoms with Crippen LogP contribution in [0.2, 0.25) is 0 Å². The number of nitrogens with zero attached hydrogens (tertiary/aromatic N) is 1. The molecule has 2 aromatic rings. The molecule has 0 spiro atoms. The van der Waals surface area contributed by atoms with Crippen molar-refractivity contribution in [2.45, 2.75) is 26.2 Å². The zero-order valence-corrected chi connectivity index (χ0v) is 18.6. The van der Waals surface area contributed by atoms with Gasteiger partial charge in [-0.05, 0) is 30.7 Å². The Morgan fingerprint density at radius 3 is 2.41 bits per heavy atom. The quantitative estimate of drug-likeness (QED) is 0.304. The van der Waals surface area contributed by atoms with Gasteiger partial charge in [0, 0.05) is 25.7 Å². The number of guanidine groups is 1. The van der Waals surface area contributed by atoms with Gasteiger partial charge in [-0.15, -0.1) is 24.0 Å². The van der Waals surface area contributed by atoms with Crippen molar-refractivity contribution in [2.24, 2.45) is 4.99 Å². The first-order chi connectivity index (χ1) is 13.4. The van der Waals surface area contributed by atoms with Gasteiger partial charge in [-0.1, -0.05) is 30.3 Å². The summed E-state index contributed by atoms with van der Waals surface area (Å²) in [6, 6.07) is 14.2. The van der Waals surface area contributed by atoms with E-state index in [1.54, 1.807) is 25.2 Å². The number of hydrogen-bond donors (Lipinski definition) is 2. The summed E-state index contributed by atoms with van der Waals surface area (Å²) in [4.78, 5) is 4.16. The monoisotopic (exact) mass is 523 g/mol. The summed E-state index contributed by atoms with van der Waals surface area (Å²) in [5, 5.41) is 6.32. The maximum absolute atomic E-state index is 12.3. The van der Waals surface area contributed by atoms with Crippen LogP contribution in [0, 0.1) is 0 Å². The van der Waals surface area contributed by atoms with Crippen LogP contribution in [0.25, 0.3) is 0 Å². The third-order valence-electron chi connectivity index (χ3n) is 3.70. The Morgan fingerprint density at radius 2 is 1.72 bits per heavy atom. The minimum Gasteiger partial charge on any atom is -0.494 e. The van der Waals surface area contributed by atoms with E-state index in [2.05, 4.69) is 15.6 Å². The number of ether oxygens (including phenoxy) is 2. The fourth-order valence-electron chi connectivity index (χ4n) is 2.44. The van der Waals surface area contributed by atoms with Crippen molar-refractivity contribution in [3.05, 3.63) is 59.7 Å². The predicted octanol–water partition coefficient (Wildman–Crippen LogP) is 4.51. The zero-order valence-electron chi connectivity index (χ0n) is 16.3. The van der Waals surface area contributed by atoms with E-state index in [1.165, 1.54) is 6.07 Å². The van der Waals surface area contributed by atoms with Crippen LogP contribution in [0.1, 0.15) is 18.1 Å². The summed E-state index contributed by atoms with van der Waals surface area (Å²) < 4.78 is 47.2. The SMILES string of the molecule is CCOc1ccccc1CNC(=NC)NCc1cccc(OCC(F)(F)F)c1.I. The van der Waals surface area contributed by atoms with Gasteiger partial charge < -0.3 is 20.1 Å². The van der Waals surface area contributed by atoms with Crippen molar-refractivity contribution in [1.82, 2.24) is 10.6 Å². The minimum absolute atomic E-state index is 0. The molecule has 0 saturated carbocycles. The molecule has 29 heavy (non-hydrogen) atoms. The van der Waals surface area contributed by atoms with E-state index < -0.39 is 12.8 Å². The van der Waals surface area contributed by atoms with Crippen LogP contribution in [-0.4, -0.2) is 32.4 Å². The number of hydrogen-bond acceptors (Lipinski definition) is 3. The number of para-hydroxylation sites is 1. The molecule has 9 heteroatoms. The third kappa shape index (κ3) is 9.25. The number of nitrogens with one attached hydrogen (secondary N) is 2. The van der Waals surface area contributed by atoms with Crippen LogP contribution in [0.15, 0.2) is 53.5 Å². The summed E-state index contributed by atoms with van der Waals surface area (Å²) in [5.41, 5.74) is 1.77. The van der Waals surface area contributed by atoms with Gasteiger partial charge >= 0.3 is 6.18 Å². The molecule has 0 radical (unpaired) electrons. The Bertz CT molecular complexity index is 786. The van der Waals surface area contributed by atoms with Crippen molar-refractivity contribution >= 4 is 29.9 Å². The summed E-state index contributed by atoms with van der Waals surface area (Å²) in [7, 11) is 1.65. The van der Waals surface area contributed by atoms with E-state index >= 15 is 0 Å². The summed E-state index contributed by atoms with van der Waals surface area (Å²) in [6.45, 7) is 2.10. The Hall–Kier alpha value is -2.17.